The first-order valence-electron chi connectivity index (χ1n) is 4.32. The van der Waals surface area contributed by atoms with Gasteiger partial charge in [0.1, 0.15) is 22.6 Å². The van der Waals surface area contributed by atoms with Crippen molar-refractivity contribution in [3.8, 4) is 0 Å². The molecule has 0 aliphatic rings. The molecule has 0 fully saturated rings. The van der Waals surface area contributed by atoms with Crippen LogP contribution >= 0.6 is 0 Å². The molecule has 0 aromatic heterocycles. The molecule has 0 saturated heterocycles. The number of hydrogen-bond donors (Lipinski definition) is 2. The average Bonchev–Trinajstić information content (AvgIpc) is 2.18. The summed E-state index contributed by atoms with van der Waals surface area (Å²) in [6, 6.07) is -0.856. The molecule has 1 rings (SSSR count). The number of benzene rings is 1. The maximum Gasteiger partial charge on any atom is 0.325 e. The molecule has 0 heterocycles. The summed E-state index contributed by atoms with van der Waals surface area (Å²) in [7, 11) is -3.92. The molecule has 0 bridgehead atoms. The van der Waals surface area contributed by atoms with Crippen LogP contribution in [-0.2, 0) is 14.6 Å². The zero-order valence-corrected chi connectivity index (χ0v) is 9.46. The molecule has 1 aromatic rings. The molecular formula is C9H9F2NO4S. The lowest BCUT2D eigenvalue weighted by Crippen LogP contribution is -2.22. The lowest BCUT2D eigenvalue weighted by molar-refractivity contribution is -0.138. The molecule has 0 amide bonds. The van der Waals surface area contributed by atoms with E-state index in [0.717, 1.165) is 0 Å². The first-order valence-corrected chi connectivity index (χ1v) is 6.21. The first kappa shape index (κ1) is 13.5. The van der Waals surface area contributed by atoms with Gasteiger partial charge in [0, 0.05) is 11.8 Å². The first-order chi connectivity index (χ1) is 7.64. The number of hydrogen-bond acceptors (Lipinski definition) is 4. The van der Waals surface area contributed by atoms with Gasteiger partial charge in [-0.1, -0.05) is 0 Å². The van der Waals surface area contributed by atoms with Gasteiger partial charge in [0.15, 0.2) is 9.84 Å². The molecule has 0 saturated carbocycles. The fraction of sp³-hybridized carbons (Fsp3) is 0.222. The maximum absolute atomic E-state index is 13.4. The van der Waals surface area contributed by atoms with Crippen LogP contribution in [0.5, 0.6) is 0 Å². The second-order valence-corrected chi connectivity index (χ2v) is 5.38. The molecule has 1 unspecified atom stereocenters. The van der Waals surface area contributed by atoms with E-state index in [4.69, 9.17) is 10.8 Å². The Balaban J connectivity index is 3.43. The van der Waals surface area contributed by atoms with E-state index < -0.39 is 43.9 Å². The minimum atomic E-state index is -3.92. The van der Waals surface area contributed by atoms with Crippen LogP contribution in [0.1, 0.15) is 11.6 Å². The molecule has 8 heteroatoms. The van der Waals surface area contributed by atoms with Gasteiger partial charge in [0.25, 0.3) is 0 Å². The van der Waals surface area contributed by atoms with Crippen molar-refractivity contribution >= 4 is 15.8 Å². The Morgan fingerprint density at radius 2 is 1.88 bits per heavy atom. The van der Waals surface area contributed by atoms with Crippen molar-refractivity contribution in [3.63, 3.8) is 0 Å². The van der Waals surface area contributed by atoms with E-state index in [1.807, 2.05) is 0 Å². The highest BCUT2D eigenvalue weighted by Crippen LogP contribution is 2.22. The summed E-state index contributed by atoms with van der Waals surface area (Å²) in [4.78, 5) is 9.68. The SMILES string of the molecule is CS(=O)(=O)c1cc(F)c(C(N)C(=O)O)cc1F. The number of halogens is 2. The van der Waals surface area contributed by atoms with Crippen LogP contribution in [0.4, 0.5) is 8.78 Å². The second-order valence-electron chi connectivity index (χ2n) is 3.39. The van der Waals surface area contributed by atoms with Crippen LogP contribution in [-0.4, -0.2) is 25.7 Å². The molecular weight excluding hydrogens is 256 g/mol. The fourth-order valence-electron chi connectivity index (χ4n) is 1.20. The van der Waals surface area contributed by atoms with Crippen LogP contribution < -0.4 is 5.73 Å². The lowest BCUT2D eigenvalue weighted by Gasteiger charge is -2.10. The van der Waals surface area contributed by atoms with Gasteiger partial charge in [-0.3, -0.25) is 4.79 Å². The van der Waals surface area contributed by atoms with E-state index in [0.29, 0.717) is 18.4 Å². The summed E-state index contributed by atoms with van der Waals surface area (Å²) >= 11 is 0. The Hall–Kier alpha value is -1.54. The summed E-state index contributed by atoms with van der Waals surface area (Å²) < 4.78 is 48.9. The van der Waals surface area contributed by atoms with Gasteiger partial charge in [0.05, 0.1) is 0 Å². The van der Waals surface area contributed by atoms with Crippen molar-refractivity contribution in [2.75, 3.05) is 6.26 Å². The zero-order chi connectivity index (χ0) is 13.4. The summed E-state index contributed by atoms with van der Waals surface area (Å²) in [6.45, 7) is 0. The normalized spacial score (nSPS) is 13.4. The van der Waals surface area contributed by atoms with Crippen molar-refractivity contribution < 1.29 is 27.1 Å². The third-order valence-corrected chi connectivity index (χ3v) is 3.16. The van der Waals surface area contributed by atoms with Crippen molar-refractivity contribution in [1.82, 2.24) is 0 Å². The Morgan fingerprint density at radius 3 is 2.29 bits per heavy atom. The molecule has 5 nitrogen and oxygen atoms in total. The topological polar surface area (TPSA) is 97.5 Å². The molecule has 1 aromatic carbocycles. The number of sulfone groups is 1. The number of carbonyl (C=O) groups is 1. The number of aliphatic carboxylic acids is 1. The summed E-state index contributed by atoms with van der Waals surface area (Å²) in [5.74, 6) is -3.96. The Kier molecular flexibility index (Phi) is 3.48. The second kappa shape index (κ2) is 4.38. The highest BCUT2D eigenvalue weighted by Gasteiger charge is 2.23. The van der Waals surface area contributed by atoms with Gasteiger partial charge in [-0.25, -0.2) is 17.2 Å². The van der Waals surface area contributed by atoms with Gasteiger partial charge < -0.3 is 10.8 Å². The quantitative estimate of drug-likeness (QED) is 0.827. The minimum Gasteiger partial charge on any atom is -0.480 e. The molecule has 94 valence electrons. The Bertz CT molecular complexity index is 571. The van der Waals surface area contributed by atoms with E-state index in [-0.39, 0.29) is 0 Å². The predicted octanol–water partition coefficient (Wildman–Crippen LogP) is 0.453. The molecule has 0 aliphatic carbocycles. The van der Waals surface area contributed by atoms with Crippen molar-refractivity contribution in [2.24, 2.45) is 5.73 Å². The van der Waals surface area contributed by atoms with Gasteiger partial charge >= 0.3 is 5.97 Å². The number of carboxylic acid groups (broad SMARTS) is 1. The van der Waals surface area contributed by atoms with E-state index in [2.05, 4.69) is 0 Å². The Morgan fingerprint density at radius 1 is 1.35 bits per heavy atom. The van der Waals surface area contributed by atoms with Gasteiger partial charge in [-0.05, 0) is 12.1 Å². The molecule has 0 aliphatic heterocycles. The fourth-order valence-corrected chi connectivity index (χ4v) is 1.93. The molecule has 17 heavy (non-hydrogen) atoms. The summed E-state index contributed by atoms with van der Waals surface area (Å²) in [5, 5.41) is 8.55. The molecule has 0 radical (unpaired) electrons. The molecule has 3 N–H and O–H groups in total. The van der Waals surface area contributed by atoms with Gasteiger partial charge in [-0.15, -0.1) is 0 Å². The van der Waals surface area contributed by atoms with E-state index in [9.17, 15) is 22.0 Å². The lowest BCUT2D eigenvalue weighted by atomic mass is 10.1. The summed E-state index contributed by atoms with van der Waals surface area (Å²) in [5.41, 5.74) is 4.50. The molecule has 0 spiro atoms. The van der Waals surface area contributed by atoms with E-state index >= 15 is 0 Å². The predicted molar refractivity (Wildman–Crippen MR) is 54.0 cm³/mol. The largest absolute Gasteiger partial charge is 0.480 e. The van der Waals surface area contributed by atoms with E-state index in [1.165, 1.54) is 0 Å². The molecule has 1 atom stereocenters. The highest BCUT2D eigenvalue weighted by atomic mass is 32.2. The van der Waals surface area contributed by atoms with Crippen LogP contribution in [0, 0.1) is 11.6 Å². The van der Waals surface area contributed by atoms with E-state index in [1.54, 1.807) is 0 Å². The average molecular weight is 265 g/mol. The van der Waals surface area contributed by atoms with Crippen LogP contribution in [0.15, 0.2) is 17.0 Å². The third kappa shape index (κ3) is 2.77. The Labute approximate surface area is 95.8 Å². The zero-order valence-electron chi connectivity index (χ0n) is 8.65. The maximum atomic E-state index is 13.4. The monoisotopic (exact) mass is 265 g/mol. The van der Waals surface area contributed by atoms with Gasteiger partial charge in [0.2, 0.25) is 0 Å². The summed E-state index contributed by atoms with van der Waals surface area (Å²) in [6.07, 6.45) is 0.710. The van der Waals surface area contributed by atoms with Crippen molar-refractivity contribution in [3.05, 3.63) is 29.3 Å². The van der Waals surface area contributed by atoms with Crippen LogP contribution in [0.3, 0.4) is 0 Å². The third-order valence-electron chi connectivity index (χ3n) is 2.05. The van der Waals surface area contributed by atoms with Crippen LogP contribution in [0.2, 0.25) is 0 Å². The number of nitrogens with two attached hydrogens (primary N) is 1. The number of rotatable bonds is 3. The number of carboxylic acids is 1. The standard InChI is InChI=1S/C9H9F2NO4S/c1-17(15,16)7-3-5(10)4(2-6(7)11)8(12)9(13)14/h2-3,8H,12H2,1H3,(H,13,14). The smallest absolute Gasteiger partial charge is 0.325 e. The van der Waals surface area contributed by atoms with Crippen molar-refractivity contribution in [2.45, 2.75) is 10.9 Å². The minimum absolute atomic E-state index is 0.419. The van der Waals surface area contributed by atoms with Gasteiger partial charge in [-0.2, -0.15) is 0 Å². The van der Waals surface area contributed by atoms with Crippen molar-refractivity contribution in [1.29, 1.82) is 0 Å². The van der Waals surface area contributed by atoms with Crippen LogP contribution in [0.25, 0.3) is 0 Å². The highest BCUT2D eigenvalue weighted by molar-refractivity contribution is 7.90.